The van der Waals surface area contributed by atoms with E-state index in [1.165, 1.54) is 5.56 Å². The molecule has 2 heteroatoms. The van der Waals surface area contributed by atoms with Crippen molar-refractivity contribution in [1.82, 2.24) is 0 Å². The van der Waals surface area contributed by atoms with Crippen LogP contribution in [0.25, 0.3) is 0 Å². The first-order valence-corrected chi connectivity index (χ1v) is 4.38. The van der Waals surface area contributed by atoms with Crippen molar-refractivity contribution in [2.75, 3.05) is 0 Å². The van der Waals surface area contributed by atoms with Crippen LogP contribution in [0.4, 0.5) is 0 Å². The van der Waals surface area contributed by atoms with Crippen LogP contribution in [0.3, 0.4) is 0 Å². The Balaban J connectivity index is 2.66. The van der Waals surface area contributed by atoms with E-state index in [4.69, 9.17) is 23.2 Å². The second kappa shape index (κ2) is 3.99. The summed E-state index contributed by atoms with van der Waals surface area (Å²) < 4.78 is 0. The van der Waals surface area contributed by atoms with Crippen LogP contribution in [0.2, 0.25) is 5.02 Å². The Bertz CT molecular complexity index is 214. The first-order valence-electron chi connectivity index (χ1n) is 3.57. The lowest BCUT2D eigenvalue weighted by Crippen LogP contribution is -1.95. The smallest absolute Gasteiger partial charge is 0.0406 e. The van der Waals surface area contributed by atoms with Crippen LogP contribution >= 0.6 is 23.2 Å². The van der Waals surface area contributed by atoms with Gasteiger partial charge in [-0.15, -0.1) is 11.6 Å². The Kier molecular flexibility index (Phi) is 3.22. The van der Waals surface area contributed by atoms with Gasteiger partial charge in [0.15, 0.2) is 0 Å². The Morgan fingerprint density at radius 3 is 2.27 bits per heavy atom. The van der Waals surface area contributed by atoms with E-state index in [0.717, 1.165) is 11.4 Å². The van der Waals surface area contributed by atoms with Gasteiger partial charge in [-0.25, -0.2) is 0 Å². The van der Waals surface area contributed by atoms with E-state index in [9.17, 15) is 0 Å². The van der Waals surface area contributed by atoms with Crippen LogP contribution in [0.15, 0.2) is 24.3 Å². The van der Waals surface area contributed by atoms with Gasteiger partial charge < -0.3 is 0 Å². The Morgan fingerprint density at radius 2 is 1.82 bits per heavy atom. The monoisotopic (exact) mass is 188 g/mol. The van der Waals surface area contributed by atoms with Crippen molar-refractivity contribution in [2.45, 2.75) is 18.7 Å². The molecular formula is C9H10Cl2. The van der Waals surface area contributed by atoms with E-state index in [0.29, 0.717) is 0 Å². The third-order valence-electron chi connectivity index (χ3n) is 1.43. The molecule has 60 valence electrons. The summed E-state index contributed by atoms with van der Waals surface area (Å²) in [7, 11) is 0. The maximum atomic E-state index is 5.82. The summed E-state index contributed by atoms with van der Waals surface area (Å²) in [6, 6.07) is 7.77. The Hall–Kier alpha value is -0.200. The molecule has 0 unspecified atom stereocenters. The van der Waals surface area contributed by atoms with E-state index >= 15 is 0 Å². The number of halogens is 2. The van der Waals surface area contributed by atoms with Gasteiger partial charge >= 0.3 is 0 Å². The van der Waals surface area contributed by atoms with Crippen LogP contribution in [0, 0.1) is 0 Å². The van der Waals surface area contributed by atoms with Gasteiger partial charge in [-0.3, -0.25) is 0 Å². The maximum absolute atomic E-state index is 5.82. The van der Waals surface area contributed by atoms with Crippen LogP contribution in [0.1, 0.15) is 12.5 Å². The van der Waals surface area contributed by atoms with Crippen molar-refractivity contribution in [3.05, 3.63) is 34.9 Å². The molecule has 0 aromatic heterocycles. The van der Waals surface area contributed by atoms with Crippen LogP contribution in [-0.4, -0.2) is 5.38 Å². The molecule has 1 aromatic carbocycles. The van der Waals surface area contributed by atoms with Gasteiger partial charge in [-0.05, 0) is 31.0 Å². The zero-order valence-corrected chi connectivity index (χ0v) is 7.86. The number of hydrogen-bond donors (Lipinski definition) is 0. The lowest BCUT2D eigenvalue weighted by molar-refractivity contribution is 0.931. The van der Waals surface area contributed by atoms with Gasteiger partial charge in [0.2, 0.25) is 0 Å². The van der Waals surface area contributed by atoms with Crippen molar-refractivity contribution in [3.63, 3.8) is 0 Å². The fourth-order valence-electron chi connectivity index (χ4n) is 0.945. The number of benzene rings is 1. The SMILES string of the molecule is C[C@@H](Cl)Cc1ccc(Cl)cc1. The van der Waals surface area contributed by atoms with Crippen LogP contribution in [0.5, 0.6) is 0 Å². The number of rotatable bonds is 2. The third kappa shape index (κ3) is 3.13. The fourth-order valence-corrected chi connectivity index (χ4v) is 1.25. The highest BCUT2D eigenvalue weighted by Gasteiger charge is 1.97. The number of hydrogen-bond acceptors (Lipinski definition) is 0. The molecule has 0 fully saturated rings. The summed E-state index contributed by atoms with van der Waals surface area (Å²) in [5, 5.41) is 0.965. The zero-order chi connectivity index (χ0) is 8.27. The molecule has 0 saturated heterocycles. The van der Waals surface area contributed by atoms with Gasteiger partial charge in [-0.2, -0.15) is 0 Å². The molecule has 0 radical (unpaired) electrons. The highest BCUT2D eigenvalue weighted by molar-refractivity contribution is 6.30. The topological polar surface area (TPSA) is 0 Å². The molecular weight excluding hydrogens is 179 g/mol. The minimum absolute atomic E-state index is 0.191. The molecule has 11 heavy (non-hydrogen) atoms. The molecule has 0 saturated carbocycles. The molecule has 0 aliphatic heterocycles. The molecule has 0 aliphatic rings. The Morgan fingerprint density at radius 1 is 1.27 bits per heavy atom. The molecule has 1 atom stereocenters. The van der Waals surface area contributed by atoms with Crippen molar-refractivity contribution >= 4 is 23.2 Å². The van der Waals surface area contributed by atoms with Gasteiger partial charge in [-0.1, -0.05) is 23.7 Å². The molecule has 0 spiro atoms. The van der Waals surface area contributed by atoms with E-state index in [1.807, 2.05) is 31.2 Å². The molecule has 0 N–H and O–H groups in total. The first-order chi connectivity index (χ1) is 5.18. The van der Waals surface area contributed by atoms with Gasteiger partial charge in [0, 0.05) is 10.4 Å². The molecule has 0 heterocycles. The van der Waals surface area contributed by atoms with Crippen molar-refractivity contribution in [2.24, 2.45) is 0 Å². The molecule has 1 aromatic rings. The fraction of sp³-hybridized carbons (Fsp3) is 0.333. The average Bonchev–Trinajstić information content (AvgIpc) is 1.93. The lowest BCUT2D eigenvalue weighted by Gasteiger charge is -2.01. The summed E-state index contributed by atoms with van der Waals surface area (Å²) >= 11 is 11.5. The highest BCUT2D eigenvalue weighted by atomic mass is 35.5. The first kappa shape index (κ1) is 8.89. The van der Waals surface area contributed by atoms with Crippen LogP contribution < -0.4 is 0 Å². The summed E-state index contributed by atoms with van der Waals surface area (Å²) in [5.74, 6) is 0. The molecule has 0 nitrogen and oxygen atoms in total. The highest BCUT2D eigenvalue weighted by Crippen LogP contribution is 2.12. The van der Waals surface area contributed by atoms with Crippen molar-refractivity contribution in [3.8, 4) is 0 Å². The normalized spacial score (nSPS) is 13.0. The predicted molar refractivity (Wildman–Crippen MR) is 50.5 cm³/mol. The van der Waals surface area contributed by atoms with Crippen molar-refractivity contribution in [1.29, 1.82) is 0 Å². The molecule has 0 amide bonds. The molecule has 0 aliphatic carbocycles. The quantitative estimate of drug-likeness (QED) is 0.624. The Labute approximate surface area is 77.1 Å². The summed E-state index contributed by atoms with van der Waals surface area (Å²) in [5.41, 5.74) is 1.23. The maximum Gasteiger partial charge on any atom is 0.0406 e. The molecule has 1 rings (SSSR count). The summed E-state index contributed by atoms with van der Waals surface area (Å²) in [6.45, 7) is 1.98. The van der Waals surface area contributed by atoms with Crippen molar-refractivity contribution < 1.29 is 0 Å². The van der Waals surface area contributed by atoms with Gasteiger partial charge in [0.05, 0.1) is 0 Å². The summed E-state index contributed by atoms with van der Waals surface area (Å²) in [6.07, 6.45) is 0.902. The van der Waals surface area contributed by atoms with Gasteiger partial charge in [0.25, 0.3) is 0 Å². The largest absolute Gasteiger partial charge is 0.123 e. The second-order valence-corrected chi connectivity index (χ2v) is 3.79. The van der Waals surface area contributed by atoms with E-state index < -0.39 is 0 Å². The predicted octanol–water partition coefficient (Wildman–Crippen LogP) is 3.51. The van der Waals surface area contributed by atoms with E-state index in [2.05, 4.69) is 0 Å². The van der Waals surface area contributed by atoms with Gasteiger partial charge in [0.1, 0.15) is 0 Å². The van der Waals surface area contributed by atoms with E-state index in [1.54, 1.807) is 0 Å². The van der Waals surface area contributed by atoms with Crippen LogP contribution in [-0.2, 0) is 6.42 Å². The minimum atomic E-state index is 0.191. The second-order valence-electron chi connectivity index (χ2n) is 2.61. The zero-order valence-electron chi connectivity index (χ0n) is 6.35. The number of alkyl halides is 1. The average molecular weight is 189 g/mol. The molecule has 0 bridgehead atoms. The van der Waals surface area contributed by atoms with E-state index in [-0.39, 0.29) is 5.38 Å². The standard InChI is InChI=1S/C9H10Cl2/c1-7(10)6-8-2-4-9(11)5-3-8/h2-5,7H,6H2,1H3/t7-/m1/s1. The summed E-state index contributed by atoms with van der Waals surface area (Å²) in [4.78, 5) is 0. The minimum Gasteiger partial charge on any atom is -0.123 e. The third-order valence-corrected chi connectivity index (χ3v) is 1.84. The lowest BCUT2D eigenvalue weighted by atomic mass is 10.1.